The summed E-state index contributed by atoms with van der Waals surface area (Å²) in [5.74, 6) is -0.0897. The summed E-state index contributed by atoms with van der Waals surface area (Å²) in [5.41, 5.74) is 0.466. The molecule has 1 rings (SSSR count). The molecule has 1 amide bonds. The zero-order valence-electron chi connectivity index (χ0n) is 5.40. The van der Waals surface area contributed by atoms with Crippen LogP contribution in [0.15, 0.2) is 12.3 Å². The fraction of sp³-hybridized carbons (Fsp3) is 0.500. The first-order chi connectivity index (χ1) is 4.20. The van der Waals surface area contributed by atoms with Gasteiger partial charge in [0, 0.05) is 12.6 Å². The van der Waals surface area contributed by atoms with E-state index in [-0.39, 0.29) is 5.91 Å². The minimum atomic E-state index is -0.0897. The van der Waals surface area contributed by atoms with E-state index in [4.69, 9.17) is 0 Å². The maximum Gasteiger partial charge on any atom is 0.266 e. The molecule has 0 saturated carbocycles. The van der Waals surface area contributed by atoms with Crippen molar-refractivity contribution in [2.24, 2.45) is 0 Å². The fourth-order valence-corrected chi connectivity index (χ4v) is 0.766. The van der Waals surface area contributed by atoms with Crippen molar-refractivity contribution < 1.29 is 4.79 Å². The number of nitrogens with one attached hydrogen (secondary N) is 2. The van der Waals surface area contributed by atoms with Crippen LogP contribution in [0.1, 0.15) is 6.92 Å². The van der Waals surface area contributed by atoms with Crippen molar-refractivity contribution in [2.45, 2.75) is 13.0 Å². The average Bonchev–Trinajstić information content (AvgIpc) is 1.80. The Bertz CT molecular complexity index is 153. The molecule has 3 nitrogen and oxygen atoms in total. The summed E-state index contributed by atoms with van der Waals surface area (Å²) >= 11 is 0. The van der Waals surface area contributed by atoms with Crippen LogP contribution in [-0.4, -0.2) is 18.5 Å². The summed E-state index contributed by atoms with van der Waals surface area (Å²) in [6.07, 6.45) is 0. The number of carbonyl (C=O) groups excluding carboxylic acids is 1. The van der Waals surface area contributed by atoms with Gasteiger partial charge in [-0.1, -0.05) is 6.58 Å². The number of hydrogen-bond donors (Lipinski definition) is 2. The van der Waals surface area contributed by atoms with Gasteiger partial charge in [-0.15, -0.1) is 0 Å². The lowest BCUT2D eigenvalue weighted by Gasteiger charge is -2.22. The number of piperazine rings is 1. The standard InChI is InChI=1S/C6H10N2O/c1-4-3-7-6(9)5(2)8-4/h4,8H,2-3H2,1H3,(H,7,9). The van der Waals surface area contributed by atoms with Crippen LogP contribution in [0.4, 0.5) is 0 Å². The van der Waals surface area contributed by atoms with Gasteiger partial charge in [-0.3, -0.25) is 4.79 Å². The number of carbonyl (C=O) groups is 1. The summed E-state index contributed by atoms with van der Waals surface area (Å²) in [4.78, 5) is 10.7. The van der Waals surface area contributed by atoms with Crippen molar-refractivity contribution in [3.05, 3.63) is 12.3 Å². The van der Waals surface area contributed by atoms with Crippen molar-refractivity contribution in [3.63, 3.8) is 0 Å². The van der Waals surface area contributed by atoms with Crippen LogP contribution in [0.5, 0.6) is 0 Å². The van der Waals surface area contributed by atoms with Gasteiger partial charge in [0.2, 0.25) is 0 Å². The number of hydrogen-bond acceptors (Lipinski definition) is 2. The van der Waals surface area contributed by atoms with E-state index in [9.17, 15) is 4.79 Å². The molecule has 1 aliphatic rings. The zero-order valence-corrected chi connectivity index (χ0v) is 5.40. The first kappa shape index (κ1) is 6.13. The maximum absolute atomic E-state index is 10.7. The van der Waals surface area contributed by atoms with E-state index in [1.54, 1.807) is 0 Å². The normalized spacial score (nSPS) is 27.0. The van der Waals surface area contributed by atoms with Crippen molar-refractivity contribution in [3.8, 4) is 0 Å². The molecule has 1 heterocycles. The topological polar surface area (TPSA) is 41.1 Å². The van der Waals surface area contributed by atoms with Crippen molar-refractivity contribution >= 4 is 5.91 Å². The number of rotatable bonds is 0. The molecule has 1 atom stereocenters. The molecule has 3 heteroatoms. The molecule has 1 fully saturated rings. The van der Waals surface area contributed by atoms with Gasteiger partial charge in [-0.25, -0.2) is 0 Å². The third kappa shape index (κ3) is 1.22. The zero-order chi connectivity index (χ0) is 6.85. The lowest BCUT2D eigenvalue weighted by molar-refractivity contribution is -0.118. The molecule has 0 aromatic heterocycles. The van der Waals surface area contributed by atoms with E-state index in [2.05, 4.69) is 17.2 Å². The molecule has 2 N–H and O–H groups in total. The maximum atomic E-state index is 10.7. The Balaban J connectivity index is 2.54. The second-order valence-electron chi connectivity index (χ2n) is 2.23. The van der Waals surface area contributed by atoms with Gasteiger partial charge in [0.05, 0.1) is 5.70 Å². The summed E-state index contributed by atoms with van der Waals surface area (Å²) in [5, 5.41) is 5.60. The van der Waals surface area contributed by atoms with Crippen LogP contribution >= 0.6 is 0 Å². The summed E-state index contributed by atoms with van der Waals surface area (Å²) in [7, 11) is 0. The fourth-order valence-electron chi connectivity index (χ4n) is 0.766. The van der Waals surface area contributed by atoms with Gasteiger partial charge in [0.25, 0.3) is 5.91 Å². The average molecular weight is 126 g/mol. The van der Waals surface area contributed by atoms with E-state index >= 15 is 0 Å². The SMILES string of the molecule is C=C1NC(C)CNC1=O. The largest absolute Gasteiger partial charge is 0.377 e. The lowest BCUT2D eigenvalue weighted by atomic mass is 10.2. The Morgan fingerprint density at radius 2 is 2.44 bits per heavy atom. The highest BCUT2D eigenvalue weighted by atomic mass is 16.2. The number of amides is 1. The van der Waals surface area contributed by atoms with Gasteiger partial charge < -0.3 is 10.6 Å². The Kier molecular flexibility index (Phi) is 1.42. The molecule has 0 aromatic rings. The van der Waals surface area contributed by atoms with Crippen LogP contribution in [-0.2, 0) is 4.79 Å². The highest BCUT2D eigenvalue weighted by molar-refractivity contribution is 5.92. The van der Waals surface area contributed by atoms with E-state index in [0.717, 1.165) is 0 Å². The molecule has 9 heavy (non-hydrogen) atoms. The summed E-state index contributed by atoms with van der Waals surface area (Å²) in [6.45, 7) is 6.21. The van der Waals surface area contributed by atoms with E-state index in [0.29, 0.717) is 18.3 Å². The van der Waals surface area contributed by atoms with Crippen LogP contribution in [0.25, 0.3) is 0 Å². The van der Waals surface area contributed by atoms with E-state index < -0.39 is 0 Å². The molecular weight excluding hydrogens is 116 g/mol. The van der Waals surface area contributed by atoms with Crippen molar-refractivity contribution in [2.75, 3.05) is 6.54 Å². The highest BCUT2D eigenvalue weighted by Gasteiger charge is 2.15. The van der Waals surface area contributed by atoms with Gasteiger partial charge in [-0.05, 0) is 6.92 Å². The Morgan fingerprint density at radius 3 is 2.89 bits per heavy atom. The predicted octanol–water partition coefficient (Wildman–Crippen LogP) is -0.392. The van der Waals surface area contributed by atoms with Gasteiger partial charge in [0.1, 0.15) is 0 Å². The molecule has 1 saturated heterocycles. The molecule has 1 aliphatic heterocycles. The lowest BCUT2D eigenvalue weighted by Crippen LogP contribution is -2.48. The van der Waals surface area contributed by atoms with Crippen molar-refractivity contribution in [1.82, 2.24) is 10.6 Å². The van der Waals surface area contributed by atoms with Gasteiger partial charge >= 0.3 is 0 Å². The molecule has 0 aromatic carbocycles. The van der Waals surface area contributed by atoms with E-state index in [1.807, 2.05) is 6.92 Å². The molecule has 1 unspecified atom stereocenters. The van der Waals surface area contributed by atoms with Crippen LogP contribution in [0.2, 0.25) is 0 Å². The minimum absolute atomic E-state index is 0.0897. The van der Waals surface area contributed by atoms with Crippen molar-refractivity contribution in [1.29, 1.82) is 0 Å². The van der Waals surface area contributed by atoms with Crippen LogP contribution in [0, 0.1) is 0 Å². The molecule has 50 valence electrons. The Hall–Kier alpha value is -0.990. The van der Waals surface area contributed by atoms with Gasteiger partial charge in [-0.2, -0.15) is 0 Å². The first-order valence-electron chi connectivity index (χ1n) is 2.94. The van der Waals surface area contributed by atoms with Gasteiger partial charge in [0.15, 0.2) is 0 Å². The second-order valence-corrected chi connectivity index (χ2v) is 2.23. The third-order valence-electron chi connectivity index (χ3n) is 1.26. The molecular formula is C6H10N2O. The third-order valence-corrected chi connectivity index (χ3v) is 1.26. The van der Waals surface area contributed by atoms with Crippen LogP contribution in [0.3, 0.4) is 0 Å². The first-order valence-corrected chi connectivity index (χ1v) is 2.94. The van der Waals surface area contributed by atoms with Crippen LogP contribution < -0.4 is 10.6 Å². The predicted molar refractivity (Wildman–Crippen MR) is 34.7 cm³/mol. The smallest absolute Gasteiger partial charge is 0.266 e. The summed E-state index contributed by atoms with van der Waals surface area (Å²) in [6, 6.07) is 0.315. The monoisotopic (exact) mass is 126 g/mol. The molecule has 0 bridgehead atoms. The Labute approximate surface area is 54.1 Å². The Morgan fingerprint density at radius 1 is 1.78 bits per heavy atom. The molecule has 0 radical (unpaired) electrons. The molecule has 0 spiro atoms. The summed E-state index contributed by atoms with van der Waals surface area (Å²) < 4.78 is 0. The quantitative estimate of drug-likeness (QED) is 0.434. The van der Waals surface area contributed by atoms with E-state index in [1.165, 1.54) is 0 Å². The highest BCUT2D eigenvalue weighted by Crippen LogP contribution is 1.94. The molecule has 0 aliphatic carbocycles. The second kappa shape index (κ2) is 2.09. The minimum Gasteiger partial charge on any atom is -0.377 e.